The van der Waals surface area contributed by atoms with Crippen LogP contribution in [-0.4, -0.2) is 39.5 Å². The maximum Gasteiger partial charge on any atom is 0.334 e. The van der Waals surface area contributed by atoms with Crippen molar-refractivity contribution in [1.29, 1.82) is 0 Å². The van der Waals surface area contributed by atoms with E-state index in [0.29, 0.717) is 6.42 Å². The number of rotatable bonds is 8. The van der Waals surface area contributed by atoms with Crippen molar-refractivity contribution in [3.05, 3.63) is 35.9 Å². The van der Waals surface area contributed by atoms with E-state index in [1.165, 1.54) is 5.56 Å². The van der Waals surface area contributed by atoms with Crippen molar-refractivity contribution in [3.8, 4) is 0 Å². The fourth-order valence-corrected chi connectivity index (χ4v) is 1.93. The third-order valence-electron chi connectivity index (χ3n) is 3.05. The Labute approximate surface area is 112 Å². The summed E-state index contributed by atoms with van der Waals surface area (Å²) < 4.78 is 0. The zero-order chi connectivity index (χ0) is 14.3. The highest BCUT2D eigenvalue weighted by atomic mass is 16.4. The minimum Gasteiger partial charge on any atom is -0.479 e. The lowest BCUT2D eigenvalue weighted by Gasteiger charge is -2.18. The van der Waals surface area contributed by atoms with Crippen LogP contribution in [0.3, 0.4) is 0 Å². The van der Waals surface area contributed by atoms with E-state index in [1.54, 1.807) is 0 Å². The first-order chi connectivity index (χ1) is 9.00. The molecule has 5 N–H and O–H groups in total. The van der Waals surface area contributed by atoms with E-state index < -0.39 is 24.2 Å². The summed E-state index contributed by atoms with van der Waals surface area (Å²) in [6, 6.07) is 8.98. The second-order valence-electron chi connectivity index (χ2n) is 4.71. The molecule has 5 heteroatoms. The Balaban J connectivity index is 2.24. The van der Waals surface area contributed by atoms with Gasteiger partial charge in [0, 0.05) is 6.04 Å². The van der Waals surface area contributed by atoms with E-state index in [1.807, 2.05) is 30.3 Å². The van der Waals surface area contributed by atoms with E-state index in [9.17, 15) is 15.0 Å². The van der Waals surface area contributed by atoms with Crippen LogP contribution in [0.5, 0.6) is 0 Å². The standard InChI is InChI=1S/C14H21NO4/c15-12(13(17)14(18)19)9-11(16)8-4-7-10-5-2-1-3-6-10/h1-3,5-6,11-13,16-17H,4,7-9,15H2,(H,18,19)/t11-,12-,13+/m1/s1. The normalized spacial score (nSPS) is 15.7. The molecule has 19 heavy (non-hydrogen) atoms. The zero-order valence-corrected chi connectivity index (χ0v) is 10.8. The van der Waals surface area contributed by atoms with Crippen molar-refractivity contribution in [3.63, 3.8) is 0 Å². The van der Waals surface area contributed by atoms with E-state index in [2.05, 4.69) is 0 Å². The fourth-order valence-electron chi connectivity index (χ4n) is 1.93. The molecule has 106 valence electrons. The number of aryl methyl sites for hydroxylation is 1. The maximum absolute atomic E-state index is 10.5. The molecule has 1 aromatic rings. The van der Waals surface area contributed by atoms with Crippen LogP contribution in [0.4, 0.5) is 0 Å². The number of carboxylic acids is 1. The summed E-state index contributed by atoms with van der Waals surface area (Å²) in [7, 11) is 0. The molecule has 0 fully saturated rings. The number of carbonyl (C=O) groups is 1. The van der Waals surface area contributed by atoms with Crippen molar-refractivity contribution >= 4 is 5.97 Å². The summed E-state index contributed by atoms with van der Waals surface area (Å²) in [6.45, 7) is 0. The quantitative estimate of drug-likeness (QED) is 0.550. The number of carboxylic acid groups (broad SMARTS) is 1. The molecule has 1 rings (SSSR count). The highest BCUT2D eigenvalue weighted by Gasteiger charge is 2.24. The molecule has 0 aliphatic carbocycles. The van der Waals surface area contributed by atoms with Crippen LogP contribution >= 0.6 is 0 Å². The van der Waals surface area contributed by atoms with Crippen LogP contribution in [0.15, 0.2) is 30.3 Å². The smallest absolute Gasteiger partial charge is 0.334 e. The number of aliphatic hydroxyl groups excluding tert-OH is 2. The van der Waals surface area contributed by atoms with Crippen LogP contribution < -0.4 is 5.73 Å². The number of benzene rings is 1. The van der Waals surface area contributed by atoms with E-state index in [4.69, 9.17) is 10.8 Å². The Kier molecular flexibility index (Phi) is 6.49. The molecule has 0 amide bonds. The van der Waals surface area contributed by atoms with E-state index in [0.717, 1.165) is 12.8 Å². The van der Waals surface area contributed by atoms with Gasteiger partial charge in [-0.25, -0.2) is 4.79 Å². The molecule has 0 heterocycles. The monoisotopic (exact) mass is 267 g/mol. The second kappa shape index (κ2) is 7.89. The van der Waals surface area contributed by atoms with Crippen molar-refractivity contribution in [2.75, 3.05) is 0 Å². The summed E-state index contributed by atoms with van der Waals surface area (Å²) in [5.74, 6) is -1.36. The van der Waals surface area contributed by atoms with Gasteiger partial charge in [0.2, 0.25) is 0 Å². The summed E-state index contributed by atoms with van der Waals surface area (Å²) >= 11 is 0. The van der Waals surface area contributed by atoms with Crippen molar-refractivity contribution in [2.45, 2.75) is 43.9 Å². The van der Waals surface area contributed by atoms with Crippen LogP contribution in [0.2, 0.25) is 0 Å². The Hall–Kier alpha value is -1.43. The Bertz CT molecular complexity index is 382. The molecule has 0 radical (unpaired) electrons. The lowest BCUT2D eigenvalue weighted by molar-refractivity contribution is -0.148. The highest BCUT2D eigenvalue weighted by molar-refractivity contribution is 5.72. The Morgan fingerprint density at radius 1 is 1.21 bits per heavy atom. The van der Waals surface area contributed by atoms with E-state index in [-0.39, 0.29) is 6.42 Å². The summed E-state index contributed by atoms with van der Waals surface area (Å²) in [5, 5.41) is 27.5. The van der Waals surface area contributed by atoms with Crippen molar-refractivity contribution < 1.29 is 20.1 Å². The van der Waals surface area contributed by atoms with Crippen molar-refractivity contribution in [2.24, 2.45) is 5.73 Å². The fraction of sp³-hybridized carbons (Fsp3) is 0.500. The molecule has 5 nitrogen and oxygen atoms in total. The summed E-state index contributed by atoms with van der Waals surface area (Å²) in [5.41, 5.74) is 6.71. The molecular formula is C14H21NO4. The van der Waals surface area contributed by atoms with Gasteiger partial charge in [-0.2, -0.15) is 0 Å². The van der Waals surface area contributed by atoms with Gasteiger partial charge in [-0.05, 0) is 31.2 Å². The molecule has 0 saturated carbocycles. The molecule has 1 aromatic carbocycles. The summed E-state index contributed by atoms with van der Waals surface area (Å²) in [4.78, 5) is 10.5. The number of nitrogens with two attached hydrogens (primary N) is 1. The van der Waals surface area contributed by atoms with E-state index >= 15 is 0 Å². The topological polar surface area (TPSA) is 104 Å². The van der Waals surface area contributed by atoms with Gasteiger partial charge in [0.05, 0.1) is 6.10 Å². The van der Waals surface area contributed by atoms with Gasteiger partial charge >= 0.3 is 5.97 Å². The molecule has 0 aliphatic rings. The van der Waals surface area contributed by atoms with Gasteiger partial charge in [-0.3, -0.25) is 0 Å². The molecule has 3 atom stereocenters. The maximum atomic E-state index is 10.5. The average Bonchev–Trinajstić information content (AvgIpc) is 2.38. The van der Waals surface area contributed by atoms with Gasteiger partial charge in [0.1, 0.15) is 0 Å². The number of aliphatic carboxylic acids is 1. The molecule has 0 aliphatic heterocycles. The van der Waals surface area contributed by atoms with Gasteiger partial charge in [0.25, 0.3) is 0 Å². The predicted molar refractivity (Wildman–Crippen MR) is 71.6 cm³/mol. The van der Waals surface area contributed by atoms with Crippen LogP contribution in [0, 0.1) is 0 Å². The Morgan fingerprint density at radius 2 is 1.84 bits per heavy atom. The van der Waals surface area contributed by atoms with Crippen LogP contribution in [0.1, 0.15) is 24.8 Å². The Morgan fingerprint density at radius 3 is 2.42 bits per heavy atom. The molecule has 0 spiro atoms. The second-order valence-corrected chi connectivity index (χ2v) is 4.71. The van der Waals surface area contributed by atoms with Gasteiger partial charge < -0.3 is 21.1 Å². The number of aliphatic hydroxyl groups is 2. The first-order valence-corrected chi connectivity index (χ1v) is 6.39. The third kappa shape index (κ3) is 5.83. The van der Waals surface area contributed by atoms with Crippen molar-refractivity contribution in [1.82, 2.24) is 0 Å². The molecule has 0 aromatic heterocycles. The number of hydrogen-bond donors (Lipinski definition) is 4. The summed E-state index contributed by atoms with van der Waals surface area (Å²) in [6.07, 6.45) is -0.0381. The van der Waals surface area contributed by atoms with Crippen LogP contribution in [0.25, 0.3) is 0 Å². The molecule has 0 saturated heterocycles. The molecular weight excluding hydrogens is 246 g/mol. The number of hydrogen-bond acceptors (Lipinski definition) is 4. The zero-order valence-electron chi connectivity index (χ0n) is 10.8. The average molecular weight is 267 g/mol. The minimum absolute atomic E-state index is 0.0856. The third-order valence-corrected chi connectivity index (χ3v) is 3.05. The largest absolute Gasteiger partial charge is 0.479 e. The first-order valence-electron chi connectivity index (χ1n) is 6.39. The SMILES string of the molecule is N[C@H](C[C@H](O)CCCc1ccccc1)[C@H](O)C(=O)O. The van der Waals surface area contributed by atoms with Crippen LogP contribution in [-0.2, 0) is 11.2 Å². The molecule has 0 bridgehead atoms. The predicted octanol–water partition coefficient (Wildman–Crippen LogP) is 0.533. The van der Waals surface area contributed by atoms with Gasteiger partial charge in [-0.1, -0.05) is 30.3 Å². The van der Waals surface area contributed by atoms with Gasteiger partial charge in [0.15, 0.2) is 6.10 Å². The highest BCUT2D eigenvalue weighted by Crippen LogP contribution is 2.10. The molecule has 0 unspecified atom stereocenters. The lowest BCUT2D eigenvalue weighted by atomic mass is 9.99. The first kappa shape index (κ1) is 15.6. The minimum atomic E-state index is -1.62. The van der Waals surface area contributed by atoms with Gasteiger partial charge in [-0.15, -0.1) is 0 Å². The lowest BCUT2D eigenvalue weighted by Crippen LogP contribution is -2.42.